The zero-order valence-corrected chi connectivity index (χ0v) is 16.1. The third kappa shape index (κ3) is 6.24. The summed E-state index contributed by atoms with van der Waals surface area (Å²) in [6.45, 7) is 8.37. The summed E-state index contributed by atoms with van der Waals surface area (Å²) in [5.74, 6) is 0.416. The Morgan fingerprint density at radius 2 is 1.81 bits per heavy atom. The number of primary sulfonamides is 1. The number of nitrogens with two attached hydrogens (primary N) is 1. The molecular weight excluding hydrogens is 356 g/mol. The van der Waals surface area contributed by atoms with Crippen LogP contribution in [0.5, 0.6) is 0 Å². The molecule has 0 unspecified atom stereocenters. The molecule has 0 spiro atoms. The molecule has 1 aliphatic heterocycles. The Morgan fingerprint density at radius 1 is 1.19 bits per heavy atom. The van der Waals surface area contributed by atoms with Crippen LogP contribution in [0.1, 0.15) is 19.4 Å². The van der Waals surface area contributed by atoms with Gasteiger partial charge < -0.3 is 15.4 Å². The number of hydrogen-bond acceptors (Lipinski definition) is 5. The molecule has 8 nitrogen and oxygen atoms in total. The second-order valence-corrected chi connectivity index (χ2v) is 8.27. The summed E-state index contributed by atoms with van der Waals surface area (Å²) < 4.78 is 27.8. The van der Waals surface area contributed by atoms with Crippen LogP contribution >= 0.6 is 0 Å². The van der Waals surface area contributed by atoms with Crippen LogP contribution in [0.25, 0.3) is 0 Å². The molecule has 1 aromatic carbocycles. The number of ether oxygens (including phenoxy) is 1. The van der Waals surface area contributed by atoms with Gasteiger partial charge in [-0.3, -0.25) is 4.90 Å². The minimum Gasteiger partial charge on any atom is -0.379 e. The molecule has 0 aromatic heterocycles. The molecular formula is C17H28N4O4S. The van der Waals surface area contributed by atoms with Gasteiger partial charge in [-0.05, 0) is 23.6 Å². The third-order valence-corrected chi connectivity index (χ3v) is 5.39. The van der Waals surface area contributed by atoms with Crippen molar-refractivity contribution < 1.29 is 17.9 Å². The lowest BCUT2D eigenvalue weighted by molar-refractivity contribution is 0.00719. The van der Waals surface area contributed by atoms with Crippen LogP contribution in [0.2, 0.25) is 0 Å². The lowest BCUT2D eigenvalue weighted by Crippen LogP contribution is -2.52. The van der Waals surface area contributed by atoms with E-state index in [0.717, 1.165) is 31.9 Å². The highest BCUT2D eigenvalue weighted by Crippen LogP contribution is 2.12. The van der Waals surface area contributed by atoms with E-state index in [4.69, 9.17) is 9.88 Å². The SMILES string of the molecule is CC(C)[C@H](CNC(=O)NCc1ccc(S(N)(=O)=O)cc1)N1CCOCC1. The molecule has 0 bridgehead atoms. The van der Waals surface area contributed by atoms with Crippen molar-refractivity contribution in [3.8, 4) is 0 Å². The maximum Gasteiger partial charge on any atom is 0.315 e. The smallest absolute Gasteiger partial charge is 0.315 e. The van der Waals surface area contributed by atoms with Crippen molar-refractivity contribution in [2.45, 2.75) is 31.3 Å². The van der Waals surface area contributed by atoms with E-state index in [-0.39, 0.29) is 17.0 Å². The van der Waals surface area contributed by atoms with Gasteiger partial charge in [0.25, 0.3) is 0 Å². The van der Waals surface area contributed by atoms with Crippen LogP contribution in [0.15, 0.2) is 29.2 Å². The van der Waals surface area contributed by atoms with E-state index in [1.54, 1.807) is 12.1 Å². The number of carbonyl (C=O) groups excluding carboxylic acids is 1. The first-order chi connectivity index (χ1) is 12.3. The van der Waals surface area contributed by atoms with E-state index in [0.29, 0.717) is 19.0 Å². The van der Waals surface area contributed by atoms with Crippen molar-refractivity contribution in [1.29, 1.82) is 0 Å². The van der Waals surface area contributed by atoms with Crippen molar-refractivity contribution in [2.75, 3.05) is 32.8 Å². The third-order valence-electron chi connectivity index (χ3n) is 4.46. The summed E-state index contributed by atoms with van der Waals surface area (Å²) in [7, 11) is -3.70. The Hall–Kier alpha value is -1.68. The summed E-state index contributed by atoms with van der Waals surface area (Å²) >= 11 is 0. The van der Waals surface area contributed by atoms with Gasteiger partial charge >= 0.3 is 6.03 Å². The van der Waals surface area contributed by atoms with Crippen LogP contribution in [0, 0.1) is 5.92 Å². The van der Waals surface area contributed by atoms with Gasteiger partial charge in [0.2, 0.25) is 10.0 Å². The Kier molecular flexibility index (Phi) is 7.39. The van der Waals surface area contributed by atoms with E-state index in [1.807, 2.05) is 0 Å². The number of sulfonamides is 1. The van der Waals surface area contributed by atoms with Gasteiger partial charge in [-0.1, -0.05) is 26.0 Å². The van der Waals surface area contributed by atoms with E-state index in [2.05, 4.69) is 29.4 Å². The van der Waals surface area contributed by atoms with Gasteiger partial charge in [-0.25, -0.2) is 18.4 Å². The molecule has 1 atom stereocenters. The van der Waals surface area contributed by atoms with E-state index < -0.39 is 10.0 Å². The normalized spacial score (nSPS) is 17.1. The summed E-state index contributed by atoms with van der Waals surface area (Å²) in [6, 6.07) is 6.13. The average molecular weight is 385 g/mol. The molecule has 9 heteroatoms. The number of benzene rings is 1. The fraction of sp³-hybridized carbons (Fsp3) is 0.588. The van der Waals surface area contributed by atoms with Crippen molar-refractivity contribution in [2.24, 2.45) is 11.1 Å². The maximum absolute atomic E-state index is 12.1. The monoisotopic (exact) mass is 384 g/mol. The molecule has 146 valence electrons. The topological polar surface area (TPSA) is 114 Å². The molecule has 0 saturated carbocycles. The Bertz CT molecular complexity index is 685. The average Bonchev–Trinajstić information content (AvgIpc) is 2.60. The highest BCUT2D eigenvalue weighted by atomic mass is 32.2. The molecule has 0 aliphatic carbocycles. The fourth-order valence-electron chi connectivity index (χ4n) is 2.93. The summed E-state index contributed by atoms with van der Waals surface area (Å²) in [5.41, 5.74) is 0.793. The number of hydrogen-bond donors (Lipinski definition) is 3. The number of amides is 2. The number of urea groups is 1. The number of nitrogens with one attached hydrogen (secondary N) is 2. The molecule has 4 N–H and O–H groups in total. The fourth-order valence-corrected chi connectivity index (χ4v) is 3.45. The molecule has 1 aromatic rings. The summed E-state index contributed by atoms with van der Waals surface area (Å²) in [5, 5.41) is 10.8. The van der Waals surface area contributed by atoms with Gasteiger partial charge in [-0.15, -0.1) is 0 Å². The van der Waals surface area contributed by atoms with Crippen LogP contribution in [0.4, 0.5) is 4.79 Å². The van der Waals surface area contributed by atoms with Crippen molar-refractivity contribution in [1.82, 2.24) is 15.5 Å². The minimum absolute atomic E-state index is 0.0518. The Balaban J connectivity index is 1.80. The van der Waals surface area contributed by atoms with Gasteiger partial charge in [0.1, 0.15) is 0 Å². The summed E-state index contributed by atoms with van der Waals surface area (Å²) in [6.07, 6.45) is 0. The molecule has 2 amide bonds. The quantitative estimate of drug-likeness (QED) is 0.633. The molecule has 0 radical (unpaired) electrons. The van der Waals surface area contributed by atoms with E-state index >= 15 is 0 Å². The molecule has 1 saturated heterocycles. The Labute approximate surface area is 155 Å². The van der Waals surface area contributed by atoms with Crippen LogP contribution in [0.3, 0.4) is 0 Å². The molecule has 2 rings (SSSR count). The van der Waals surface area contributed by atoms with Gasteiger partial charge in [-0.2, -0.15) is 0 Å². The molecule has 1 heterocycles. The zero-order chi connectivity index (χ0) is 19.2. The zero-order valence-electron chi connectivity index (χ0n) is 15.3. The standard InChI is InChI=1S/C17H28N4O4S/c1-13(2)16(21-7-9-25-10-8-21)12-20-17(22)19-11-14-3-5-15(6-4-14)26(18,23)24/h3-6,13,16H,7-12H2,1-2H3,(H2,18,23,24)(H2,19,20,22)/t16-/m0/s1. The van der Waals surface area contributed by atoms with E-state index in [9.17, 15) is 13.2 Å². The summed E-state index contributed by atoms with van der Waals surface area (Å²) in [4.78, 5) is 14.5. The van der Waals surface area contributed by atoms with Crippen LogP contribution in [-0.2, 0) is 21.3 Å². The van der Waals surface area contributed by atoms with E-state index in [1.165, 1.54) is 12.1 Å². The van der Waals surface area contributed by atoms with Crippen molar-refractivity contribution in [3.63, 3.8) is 0 Å². The van der Waals surface area contributed by atoms with Gasteiger partial charge in [0, 0.05) is 32.2 Å². The molecule has 1 fully saturated rings. The predicted octanol–water partition coefficient (Wildman–Crippen LogP) is 0.490. The number of morpholine rings is 1. The first kappa shape index (κ1) is 20.6. The van der Waals surface area contributed by atoms with Gasteiger partial charge in [0.15, 0.2) is 0 Å². The lowest BCUT2D eigenvalue weighted by Gasteiger charge is -2.36. The molecule has 26 heavy (non-hydrogen) atoms. The lowest BCUT2D eigenvalue weighted by atomic mass is 10.0. The first-order valence-electron chi connectivity index (χ1n) is 8.72. The molecule has 1 aliphatic rings. The second-order valence-electron chi connectivity index (χ2n) is 6.71. The number of rotatable bonds is 7. The largest absolute Gasteiger partial charge is 0.379 e. The van der Waals surface area contributed by atoms with Crippen LogP contribution in [-0.4, -0.2) is 58.2 Å². The van der Waals surface area contributed by atoms with Crippen LogP contribution < -0.4 is 15.8 Å². The van der Waals surface area contributed by atoms with Crippen molar-refractivity contribution >= 4 is 16.1 Å². The highest BCUT2D eigenvalue weighted by Gasteiger charge is 2.24. The predicted molar refractivity (Wildman–Crippen MR) is 99.1 cm³/mol. The second kappa shape index (κ2) is 9.31. The highest BCUT2D eigenvalue weighted by molar-refractivity contribution is 7.89. The van der Waals surface area contributed by atoms with Crippen molar-refractivity contribution in [3.05, 3.63) is 29.8 Å². The first-order valence-corrected chi connectivity index (χ1v) is 10.3. The number of nitrogens with zero attached hydrogens (tertiary/aromatic N) is 1. The maximum atomic E-state index is 12.1. The van der Waals surface area contributed by atoms with Gasteiger partial charge in [0.05, 0.1) is 18.1 Å². The number of carbonyl (C=O) groups is 1. The Morgan fingerprint density at radius 3 is 2.35 bits per heavy atom. The minimum atomic E-state index is -3.70.